The van der Waals surface area contributed by atoms with Gasteiger partial charge < -0.3 is 29.6 Å². The van der Waals surface area contributed by atoms with E-state index in [1.54, 1.807) is 24.4 Å². The van der Waals surface area contributed by atoms with Crippen LogP contribution in [0.15, 0.2) is 60.8 Å². The third kappa shape index (κ3) is 6.96. The van der Waals surface area contributed by atoms with Crippen LogP contribution in [-0.4, -0.2) is 36.1 Å². The fourth-order valence-electron chi connectivity index (χ4n) is 3.84. The summed E-state index contributed by atoms with van der Waals surface area (Å²) in [7, 11) is 0. The van der Waals surface area contributed by atoms with Crippen molar-refractivity contribution < 1.29 is 28.1 Å². The van der Waals surface area contributed by atoms with Gasteiger partial charge in [0.05, 0.1) is 12.3 Å². The quantitative estimate of drug-likeness (QED) is 0.379. The Balaban J connectivity index is 1.39. The molecule has 3 aromatic rings. The highest BCUT2D eigenvalue weighted by molar-refractivity contribution is 6.00. The number of ether oxygens (including phenoxy) is 4. The Labute approximate surface area is 216 Å². The number of nitrogens with zero attached hydrogens (tertiary/aromatic N) is 1. The largest absolute Gasteiger partial charge is 0.491 e. The summed E-state index contributed by atoms with van der Waals surface area (Å²) in [6.45, 7) is 10.5. The molecule has 0 radical (unpaired) electrons. The highest BCUT2D eigenvalue weighted by Crippen LogP contribution is 2.35. The minimum Gasteiger partial charge on any atom is -0.491 e. The minimum absolute atomic E-state index is 0.00382. The molecule has 1 aliphatic heterocycles. The Kier molecular flexibility index (Phi) is 7.65. The SMILES string of the molecule is CC1(C)OCC(COc2ccc(NC(=O)Nc3cccnc3Oc3ccccc3C(C)(C)C)c(F)c2)O1. The smallest absolute Gasteiger partial charge is 0.323 e. The molecule has 1 unspecified atom stereocenters. The highest BCUT2D eigenvalue weighted by Gasteiger charge is 2.33. The molecule has 2 amide bonds. The third-order valence-corrected chi connectivity index (χ3v) is 5.61. The standard InChI is InChI=1S/C28H32FN3O5/c1-27(2,3)20-9-6-7-11-24(20)36-25-23(10-8-14-30-25)32-26(33)31-22-13-12-18(15-21(22)29)34-16-19-17-35-28(4,5)37-19/h6-15,19H,16-17H2,1-5H3,(H2,31,32,33). The molecular formula is C28H32FN3O5. The number of hydrogen-bond donors (Lipinski definition) is 2. The summed E-state index contributed by atoms with van der Waals surface area (Å²) in [6.07, 6.45) is 1.33. The van der Waals surface area contributed by atoms with Gasteiger partial charge in [0.25, 0.3) is 0 Å². The molecule has 2 N–H and O–H groups in total. The van der Waals surface area contributed by atoms with Gasteiger partial charge in [-0.15, -0.1) is 0 Å². The van der Waals surface area contributed by atoms with E-state index in [9.17, 15) is 9.18 Å². The molecule has 0 aliphatic carbocycles. The molecule has 0 bridgehead atoms. The molecule has 1 atom stereocenters. The van der Waals surface area contributed by atoms with Gasteiger partial charge in [-0.25, -0.2) is 14.2 Å². The first-order valence-corrected chi connectivity index (χ1v) is 12.0. The summed E-state index contributed by atoms with van der Waals surface area (Å²) in [5.74, 6) is -0.123. The summed E-state index contributed by atoms with van der Waals surface area (Å²) in [5, 5.41) is 5.20. The van der Waals surface area contributed by atoms with Gasteiger partial charge in [0.1, 0.15) is 35.7 Å². The molecule has 2 aromatic carbocycles. The van der Waals surface area contributed by atoms with Crippen molar-refractivity contribution in [2.24, 2.45) is 0 Å². The first kappa shape index (κ1) is 26.4. The molecule has 8 nitrogen and oxygen atoms in total. The second kappa shape index (κ2) is 10.7. The average Bonchev–Trinajstić information content (AvgIpc) is 3.19. The monoisotopic (exact) mass is 509 g/mol. The number of amides is 2. The van der Waals surface area contributed by atoms with Crippen molar-refractivity contribution in [2.45, 2.75) is 51.9 Å². The number of nitrogens with one attached hydrogen (secondary N) is 2. The zero-order valence-electron chi connectivity index (χ0n) is 21.6. The molecule has 1 saturated heterocycles. The number of benzene rings is 2. The lowest BCUT2D eigenvalue weighted by atomic mass is 9.86. The van der Waals surface area contributed by atoms with Gasteiger partial charge in [-0.05, 0) is 49.6 Å². The first-order chi connectivity index (χ1) is 17.5. The third-order valence-electron chi connectivity index (χ3n) is 5.61. The van der Waals surface area contributed by atoms with Crippen molar-refractivity contribution in [1.82, 2.24) is 4.98 Å². The lowest BCUT2D eigenvalue weighted by molar-refractivity contribution is -0.141. The molecule has 1 aliphatic rings. The van der Waals surface area contributed by atoms with Gasteiger partial charge in [0, 0.05) is 17.8 Å². The maximum atomic E-state index is 14.7. The van der Waals surface area contributed by atoms with E-state index in [2.05, 4.69) is 36.4 Å². The zero-order chi connectivity index (χ0) is 26.6. The van der Waals surface area contributed by atoms with Crippen molar-refractivity contribution in [2.75, 3.05) is 23.8 Å². The van der Waals surface area contributed by atoms with E-state index in [4.69, 9.17) is 18.9 Å². The number of anilines is 2. The number of carbonyl (C=O) groups excluding carboxylic acids is 1. The van der Waals surface area contributed by atoms with Crippen molar-refractivity contribution in [3.05, 3.63) is 72.2 Å². The van der Waals surface area contributed by atoms with Crippen LogP contribution in [0.3, 0.4) is 0 Å². The summed E-state index contributed by atoms with van der Waals surface area (Å²) in [6, 6.07) is 14.6. The fraction of sp³-hybridized carbons (Fsp3) is 0.357. The number of carbonyl (C=O) groups is 1. The van der Waals surface area contributed by atoms with Crippen LogP contribution in [0.4, 0.5) is 20.6 Å². The fourth-order valence-corrected chi connectivity index (χ4v) is 3.84. The lowest BCUT2D eigenvalue weighted by Crippen LogP contribution is -2.25. The van der Waals surface area contributed by atoms with Crippen LogP contribution in [0, 0.1) is 5.82 Å². The number of aromatic nitrogens is 1. The van der Waals surface area contributed by atoms with Crippen LogP contribution >= 0.6 is 0 Å². The maximum Gasteiger partial charge on any atom is 0.323 e. The number of rotatable bonds is 7. The molecule has 0 spiro atoms. The molecule has 196 valence electrons. The summed E-state index contributed by atoms with van der Waals surface area (Å²) < 4.78 is 37.6. The number of urea groups is 1. The van der Waals surface area contributed by atoms with Gasteiger partial charge in [-0.2, -0.15) is 0 Å². The van der Waals surface area contributed by atoms with Gasteiger partial charge in [0.2, 0.25) is 5.88 Å². The van der Waals surface area contributed by atoms with E-state index in [1.807, 2.05) is 38.1 Å². The zero-order valence-corrected chi connectivity index (χ0v) is 21.6. The summed E-state index contributed by atoms with van der Waals surface area (Å²) in [4.78, 5) is 17.0. The predicted molar refractivity (Wildman–Crippen MR) is 139 cm³/mol. The lowest BCUT2D eigenvalue weighted by Gasteiger charge is -2.22. The number of hydrogen-bond acceptors (Lipinski definition) is 6. The number of halogens is 1. The number of pyridine rings is 1. The van der Waals surface area contributed by atoms with Crippen LogP contribution in [-0.2, 0) is 14.9 Å². The number of para-hydroxylation sites is 1. The average molecular weight is 510 g/mol. The predicted octanol–water partition coefficient (Wildman–Crippen LogP) is 6.48. The second-order valence-electron chi connectivity index (χ2n) is 10.2. The molecule has 2 heterocycles. The maximum absolute atomic E-state index is 14.7. The summed E-state index contributed by atoms with van der Waals surface area (Å²) in [5.41, 5.74) is 1.18. The first-order valence-electron chi connectivity index (χ1n) is 12.0. The Morgan fingerprint density at radius 3 is 2.57 bits per heavy atom. The van der Waals surface area contributed by atoms with Crippen molar-refractivity contribution >= 4 is 17.4 Å². The van der Waals surface area contributed by atoms with E-state index in [1.165, 1.54) is 12.1 Å². The van der Waals surface area contributed by atoms with Crippen molar-refractivity contribution in [3.8, 4) is 17.4 Å². The highest BCUT2D eigenvalue weighted by atomic mass is 19.1. The summed E-state index contributed by atoms with van der Waals surface area (Å²) >= 11 is 0. The molecule has 37 heavy (non-hydrogen) atoms. The van der Waals surface area contributed by atoms with E-state index < -0.39 is 17.6 Å². The molecule has 0 saturated carbocycles. The Morgan fingerprint density at radius 1 is 1.11 bits per heavy atom. The van der Waals surface area contributed by atoms with Crippen molar-refractivity contribution in [3.63, 3.8) is 0 Å². The van der Waals surface area contributed by atoms with E-state index in [0.717, 1.165) is 5.56 Å². The molecule has 9 heteroatoms. The van der Waals surface area contributed by atoms with Crippen LogP contribution in [0.1, 0.15) is 40.2 Å². The molecule has 1 aromatic heterocycles. The van der Waals surface area contributed by atoms with Crippen LogP contribution in [0.25, 0.3) is 0 Å². The Hall–Kier alpha value is -3.69. The van der Waals surface area contributed by atoms with Crippen LogP contribution < -0.4 is 20.1 Å². The van der Waals surface area contributed by atoms with E-state index >= 15 is 0 Å². The van der Waals surface area contributed by atoms with Crippen molar-refractivity contribution in [1.29, 1.82) is 0 Å². The topological polar surface area (TPSA) is 90.9 Å². The molecule has 1 fully saturated rings. The van der Waals surface area contributed by atoms with Crippen LogP contribution in [0.5, 0.6) is 17.4 Å². The second-order valence-corrected chi connectivity index (χ2v) is 10.2. The van der Waals surface area contributed by atoms with E-state index in [0.29, 0.717) is 23.8 Å². The van der Waals surface area contributed by atoms with E-state index in [-0.39, 0.29) is 29.7 Å². The molecule has 4 rings (SSSR count). The van der Waals surface area contributed by atoms with Gasteiger partial charge in [0.15, 0.2) is 5.79 Å². The van der Waals surface area contributed by atoms with Gasteiger partial charge in [-0.1, -0.05) is 39.0 Å². The Bertz CT molecular complexity index is 1260. The molecular weight excluding hydrogens is 477 g/mol. The minimum atomic E-state index is -0.657. The van der Waals surface area contributed by atoms with Gasteiger partial charge >= 0.3 is 6.03 Å². The van der Waals surface area contributed by atoms with Crippen LogP contribution in [0.2, 0.25) is 0 Å². The normalized spacial score (nSPS) is 16.8. The Morgan fingerprint density at radius 2 is 1.86 bits per heavy atom. The van der Waals surface area contributed by atoms with Gasteiger partial charge in [-0.3, -0.25) is 0 Å².